The van der Waals surface area contributed by atoms with E-state index in [1.165, 1.54) is 72.4 Å². The highest BCUT2D eigenvalue weighted by Crippen LogP contribution is 2.65. The van der Waals surface area contributed by atoms with Gasteiger partial charge in [-0.2, -0.15) is 0 Å². The van der Waals surface area contributed by atoms with Crippen LogP contribution in [0.1, 0.15) is 55.6 Å². The minimum absolute atomic E-state index is 0.613. The van der Waals surface area contributed by atoms with Gasteiger partial charge in [0.1, 0.15) is 4.32 Å². The molecule has 0 saturated carbocycles. The van der Waals surface area contributed by atoms with Crippen LogP contribution in [0.25, 0.3) is 28.4 Å². The van der Waals surface area contributed by atoms with Gasteiger partial charge < -0.3 is 0 Å². The van der Waals surface area contributed by atoms with Gasteiger partial charge in [-0.3, -0.25) is 0 Å². The standard InChI is InChI=1S/C41H35Br/c1-6-31-15-25-36(26-16-31)41(42)39(34-21-11-29(4)12-22-34)37(32-17-7-27(2)8-18-32)38(33-19-9-28(3)10-20-33)40(41)35-23-13-30(5)14-24-35/h6-26H,1H2,2-5H3. The minimum Gasteiger partial charge on any atom is -0.0985 e. The molecule has 1 aliphatic carbocycles. The first-order valence-corrected chi connectivity index (χ1v) is 15.3. The third-order valence-electron chi connectivity index (χ3n) is 8.34. The van der Waals surface area contributed by atoms with E-state index in [9.17, 15) is 0 Å². The Morgan fingerprint density at radius 2 is 0.762 bits per heavy atom. The number of allylic oxidation sites excluding steroid dienone is 4. The van der Waals surface area contributed by atoms with Crippen LogP contribution in [0.2, 0.25) is 0 Å². The Bertz CT molecular complexity index is 1700. The zero-order valence-corrected chi connectivity index (χ0v) is 26.3. The molecule has 5 aromatic rings. The van der Waals surface area contributed by atoms with Crippen molar-refractivity contribution >= 4 is 44.3 Å². The number of benzene rings is 5. The molecule has 42 heavy (non-hydrogen) atoms. The van der Waals surface area contributed by atoms with Crippen molar-refractivity contribution in [3.63, 3.8) is 0 Å². The molecule has 0 fully saturated rings. The van der Waals surface area contributed by atoms with Crippen LogP contribution in [0, 0.1) is 27.7 Å². The number of aryl methyl sites for hydroxylation is 4. The molecule has 0 heterocycles. The van der Waals surface area contributed by atoms with E-state index in [1.54, 1.807) is 0 Å². The van der Waals surface area contributed by atoms with Gasteiger partial charge in [-0.05, 0) is 83.4 Å². The summed E-state index contributed by atoms with van der Waals surface area (Å²) in [5, 5.41) is 0. The van der Waals surface area contributed by atoms with Crippen LogP contribution >= 0.6 is 15.9 Å². The fraction of sp³-hybridized carbons (Fsp3) is 0.122. The molecule has 0 aromatic heterocycles. The highest BCUT2D eigenvalue weighted by atomic mass is 79.9. The highest BCUT2D eigenvalue weighted by molar-refractivity contribution is 9.10. The first-order chi connectivity index (χ1) is 20.3. The molecule has 0 nitrogen and oxygen atoms in total. The third kappa shape index (κ3) is 4.93. The van der Waals surface area contributed by atoms with Crippen molar-refractivity contribution < 1.29 is 0 Å². The largest absolute Gasteiger partial charge is 0.103 e. The summed E-state index contributed by atoms with van der Waals surface area (Å²) < 4.78 is -0.613. The lowest BCUT2D eigenvalue weighted by atomic mass is 9.80. The molecule has 0 bridgehead atoms. The van der Waals surface area contributed by atoms with E-state index in [-0.39, 0.29) is 0 Å². The van der Waals surface area contributed by atoms with E-state index in [0.29, 0.717) is 0 Å². The van der Waals surface area contributed by atoms with Crippen molar-refractivity contribution in [2.75, 3.05) is 0 Å². The molecule has 0 amide bonds. The summed E-state index contributed by atoms with van der Waals surface area (Å²) >= 11 is 4.51. The van der Waals surface area contributed by atoms with Crippen LogP contribution in [0.4, 0.5) is 0 Å². The van der Waals surface area contributed by atoms with Crippen molar-refractivity contribution in [3.05, 3.63) is 184 Å². The average Bonchev–Trinajstić information content (AvgIpc) is 3.28. The Balaban J connectivity index is 1.81. The second-order valence-corrected chi connectivity index (χ2v) is 12.6. The maximum absolute atomic E-state index is 4.51. The molecule has 0 unspecified atom stereocenters. The van der Waals surface area contributed by atoms with E-state index in [0.717, 1.165) is 5.56 Å². The van der Waals surface area contributed by atoms with Crippen LogP contribution < -0.4 is 0 Å². The van der Waals surface area contributed by atoms with E-state index in [1.807, 2.05) is 6.08 Å². The topological polar surface area (TPSA) is 0 Å². The van der Waals surface area contributed by atoms with Crippen LogP contribution in [-0.4, -0.2) is 0 Å². The average molecular weight is 608 g/mol. The second kappa shape index (κ2) is 11.2. The zero-order valence-electron chi connectivity index (χ0n) is 24.7. The monoisotopic (exact) mass is 606 g/mol. The van der Waals surface area contributed by atoms with E-state index in [4.69, 9.17) is 0 Å². The normalized spacial score (nSPS) is 14.4. The molecule has 0 atom stereocenters. The van der Waals surface area contributed by atoms with Crippen molar-refractivity contribution in [3.8, 4) is 0 Å². The van der Waals surface area contributed by atoms with Gasteiger partial charge in [0, 0.05) is 0 Å². The first kappa shape index (κ1) is 27.9. The molecule has 1 heteroatoms. The predicted octanol–water partition coefficient (Wildman–Crippen LogP) is 11.4. The summed E-state index contributed by atoms with van der Waals surface area (Å²) in [6, 6.07) is 44.8. The van der Waals surface area contributed by atoms with Crippen LogP contribution in [0.5, 0.6) is 0 Å². The Labute approximate surface area is 258 Å². The summed E-state index contributed by atoms with van der Waals surface area (Å²) in [6.07, 6.45) is 1.91. The SMILES string of the molecule is C=Cc1ccc(C2(Br)C(c3ccc(C)cc3)=C(c3ccc(C)cc3)C(c3ccc(C)cc3)=C2c2ccc(C)cc2)cc1. The Hall–Kier alpha value is -4.20. The maximum atomic E-state index is 4.51. The molecule has 0 saturated heterocycles. The lowest BCUT2D eigenvalue weighted by Gasteiger charge is -2.32. The maximum Gasteiger partial charge on any atom is 0.103 e. The number of hydrogen-bond acceptors (Lipinski definition) is 0. The summed E-state index contributed by atoms with van der Waals surface area (Å²) in [5.41, 5.74) is 17.1. The van der Waals surface area contributed by atoms with Gasteiger partial charge in [-0.1, -0.05) is 172 Å². The molecule has 0 aliphatic heterocycles. The van der Waals surface area contributed by atoms with Gasteiger partial charge in [0.15, 0.2) is 0 Å². The molecular formula is C41H35Br. The number of rotatable bonds is 6. The summed E-state index contributed by atoms with van der Waals surface area (Å²) in [5.74, 6) is 0. The fourth-order valence-corrected chi connectivity index (χ4v) is 7.12. The highest BCUT2D eigenvalue weighted by Gasteiger charge is 2.48. The fourth-order valence-electron chi connectivity index (χ4n) is 6.00. The molecule has 0 spiro atoms. The summed E-state index contributed by atoms with van der Waals surface area (Å²) in [7, 11) is 0. The summed E-state index contributed by atoms with van der Waals surface area (Å²) in [6.45, 7) is 12.6. The molecule has 206 valence electrons. The lowest BCUT2D eigenvalue weighted by Crippen LogP contribution is -2.20. The number of hydrogen-bond donors (Lipinski definition) is 0. The lowest BCUT2D eigenvalue weighted by molar-refractivity contribution is 1.07. The van der Waals surface area contributed by atoms with E-state index >= 15 is 0 Å². The van der Waals surface area contributed by atoms with Gasteiger partial charge in [0.05, 0.1) is 0 Å². The van der Waals surface area contributed by atoms with Crippen LogP contribution in [0.15, 0.2) is 128 Å². The first-order valence-electron chi connectivity index (χ1n) is 14.5. The van der Waals surface area contributed by atoms with Crippen LogP contribution in [0.3, 0.4) is 0 Å². The van der Waals surface area contributed by atoms with Crippen molar-refractivity contribution in [1.29, 1.82) is 0 Å². The van der Waals surface area contributed by atoms with Gasteiger partial charge in [-0.25, -0.2) is 0 Å². The predicted molar refractivity (Wildman–Crippen MR) is 185 cm³/mol. The Kier molecular flexibility index (Phi) is 7.47. The van der Waals surface area contributed by atoms with Crippen molar-refractivity contribution in [1.82, 2.24) is 0 Å². The molecule has 0 N–H and O–H groups in total. The molecule has 5 aromatic carbocycles. The quantitative estimate of drug-likeness (QED) is 0.169. The molecule has 6 rings (SSSR count). The smallest absolute Gasteiger partial charge is 0.0985 e. The molecular weight excluding hydrogens is 572 g/mol. The van der Waals surface area contributed by atoms with E-state index in [2.05, 4.69) is 172 Å². The van der Waals surface area contributed by atoms with Crippen LogP contribution in [-0.2, 0) is 4.32 Å². The van der Waals surface area contributed by atoms with Gasteiger partial charge >= 0.3 is 0 Å². The van der Waals surface area contributed by atoms with Gasteiger partial charge in [-0.15, -0.1) is 0 Å². The van der Waals surface area contributed by atoms with E-state index < -0.39 is 4.32 Å². The third-order valence-corrected chi connectivity index (χ3v) is 9.59. The summed E-state index contributed by atoms with van der Waals surface area (Å²) in [4.78, 5) is 0. The molecule has 1 aliphatic rings. The second-order valence-electron chi connectivity index (χ2n) is 11.4. The van der Waals surface area contributed by atoms with Crippen molar-refractivity contribution in [2.24, 2.45) is 0 Å². The number of alkyl halides is 1. The molecule has 0 radical (unpaired) electrons. The van der Waals surface area contributed by atoms with Gasteiger partial charge in [0.2, 0.25) is 0 Å². The zero-order chi connectivity index (χ0) is 29.4. The van der Waals surface area contributed by atoms with Gasteiger partial charge in [0.25, 0.3) is 0 Å². The number of halogens is 1. The Morgan fingerprint density at radius 3 is 1.07 bits per heavy atom. The Morgan fingerprint density at radius 1 is 0.452 bits per heavy atom. The minimum atomic E-state index is -0.613. The van der Waals surface area contributed by atoms with Crippen molar-refractivity contribution in [2.45, 2.75) is 32.0 Å².